The Morgan fingerprint density at radius 1 is 1.53 bits per heavy atom. The van der Waals surface area contributed by atoms with E-state index in [1.54, 1.807) is 19.5 Å². The predicted octanol–water partition coefficient (Wildman–Crippen LogP) is 0.820. The molecule has 0 spiro atoms. The van der Waals surface area contributed by atoms with Crippen LogP contribution in [0.3, 0.4) is 0 Å². The second kappa shape index (κ2) is 6.19. The molecule has 17 heavy (non-hydrogen) atoms. The summed E-state index contributed by atoms with van der Waals surface area (Å²) in [7, 11) is 4.73. The summed E-state index contributed by atoms with van der Waals surface area (Å²) in [5.41, 5.74) is 0.277. The molecule has 0 unspecified atom stereocenters. The number of nitrogens with one attached hydrogen (secondary N) is 1. The number of amides is 1. The van der Waals surface area contributed by atoms with Gasteiger partial charge in [0.25, 0.3) is 0 Å². The summed E-state index contributed by atoms with van der Waals surface area (Å²) in [4.78, 5) is 28.0. The maximum absolute atomic E-state index is 11.3. The van der Waals surface area contributed by atoms with Crippen LogP contribution in [-0.2, 0) is 9.53 Å². The number of nitrogens with zero attached hydrogens (tertiary/aromatic N) is 2. The molecule has 0 radical (unpaired) electrons. The van der Waals surface area contributed by atoms with E-state index in [0.29, 0.717) is 18.1 Å². The molecule has 1 aromatic heterocycles. The Morgan fingerprint density at radius 3 is 2.82 bits per heavy atom. The molecule has 1 heterocycles. The molecule has 1 N–H and O–H groups in total. The molecule has 1 amide bonds. The van der Waals surface area contributed by atoms with Gasteiger partial charge in [0.05, 0.1) is 7.11 Å². The van der Waals surface area contributed by atoms with Crippen molar-refractivity contribution in [3.8, 4) is 0 Å². The first kappa shape index (κ1) is 13.4. The van der Waals surface area contributed by atoms with Crippen molar-refractivity contribution in [3.05, 3.63) is 11.1 Å². The van der Waals surface area contributed by atoms with Gasteiger partial charge < -0.3 is 15.0 Å². The number of thiazole rings is 1. The lowest BCUT2D eigenvalue weighted by molar-refractivity contribution is -0.128. The highest BCUT2D eigenvalue weighted by atomic mass is 32.1. The number of anilines is 1. The molecule has 0 aliphatic rings. The number of hydrogen-bond donors (Lipinski definition) is 1. The molecule has 0 fully saturated rings. The van der Waals surface area contributed by atoms with E-state index < -0.39 is 5.97 Å². The average molecular weight is 257 g/mol. The van der Waals surface area contributed by atoms with Crippen molar-refractivity contribution in [2.24, 2.45) is 0 Å². The third kappa shape index (κ3) is 4.03. The Bertz CT molecular complexity index is 403. The van der Waals surface area contributed by atoms with Crippen LogP contribution in [0.15, 0.2) is 5.38 Å². The summed E-state index contributed by atoms with van der Waals surface area (Å²) in [6, 6.07) is 0. The minimum Gasteiger partial charge on any atom is -0.464 e. The fourth-order valence-electron chi connectivity index (χ4n) is 1.05. The van der Waals surface area contributed by atoms with Gasteiger partial charge >= 0.3 is 5.97 Å². The lowest BCUT2D eigenvalue weighted by atomic mass is 10.4. The van der Waals surface area contributed by atoms with Gasteiger partial charge in [-0.15, -0.1) is 11.3 Å². The van der Waals surface area contributed by atoms with Crippen LogP contribution in [0, 0.1) is 0 Å². The van der Waals surface area contributed by atoms with Crippen molar-refractivity contribution in [1.29, 1.82) is 0 Å². The molecule has 0 aromatic carbocycles. The molecule has 94 valence electrons. The highest BCUT2D eigenvalue weighted by Gasteiger charge is 2.10. The third-order valence-corrected chi connectivity index (χ3v) is 2.81. The number of carbonyl (C=O) groups is 2. The lowest BCUT2D eigenvalue weighted by Crippen LogP contribution is -2.23. The second-order valence-corrected chi connectivity index (χ2v) is 4.35. The van der Waals surface area contributed by atoms with Crippen LogP contribution in [0.4, 0.5) is 5.13 Å². The van der Waals surface area contributed by atoms with Gasteiger partial charge in [0.15, 0.2) is 10.8 Å². The first-order valence-corrected chi connectivity index (χ1v) is 5.90. The average Bonchev–Trinajstić information content (AvgIpc) is 2.76. The van der Waals surface area contributed by atoms with E-state index in [1.165, 1.54) is 23.3 Å². The number of carbonyl (C=O) groups excluding carboxylic acids is 2. The molecule has 1 aromatic rings. The SMILES string of the molecule is COC(=O)c1csc(NCCC(=O)N(C)C)n1. The summed E-state index contributed by atoms with van der Waals surface area (Å²) in [6.45, 7) is 0.491. The Labute approximate surface area is 104 Å². The minimum absolute atomic E-state index is 0.0437. The van der Waals surface area contributed by atoms with E-state index in [-0.39, 0.29) is 11.6 Å². The fourth-order valence-corrected chi connectivity index (χ4v) is 1.76. The fraction of sp³-hybridized carbons (Fsp3) is 0.500. The molecule has 1 rings (SSSR count). The van der Waals surface area contributed by atoms with Crippen molar-refractivity contribution in [2.45, 2.75) is 6.42 Å². The molecule has 0 atom stereocenters. The number of hydrogen-bond acceptors (Lipinski definition) is 6. The maximum Gasteiger partial charge on any atom is 0.357 e. The number of ether oxygens (including phenoxy) is 1. The van der Waals surface area contributed by atoms with Gasteiger partial charge in [-0.3, -0.25) is 4.79 Å². The minimum atomic E-state index is -0.460. The van der Waals surface area contributed by atoms with Gasteiger partial charge in [0.2, 0.25) is 5.91 Å². The van der Waals surface area contributed by atoms with E-state index >= 15 is 0 Å². The van der Waals surface area contributed by atoms with E-state index in [1.807, 2.05) is 0 Å². The Hall–Kier alpha value is -1.63. The number of aromatic nitrogens is 1. The second-order valence-electron chi connectivity index (χ2n) is 3.49. The molecule has 0 saturated heterocycles. The van der Waals surface area contributed by atoms with Gasteiger partial charge in [-0.05, 0) is 0 Å². The van der Waals surface area contributed by atoms with Crippen LogP contribution >= 0.6 is 11.3 Å². The standard InChI is InChI=1S/C10H15N3O3S/c1-13(2)8(14)4-5-11-10-12-7(6-17-10)9(15)16-3/h6H,4-5H2,1-3H3,(H,11,12). The van der Waals surface area contributed by atoms with Crippen molar-refractivity contribution >= 4 is 28.3 Å². The molecule has 0 aliphatic heterocycles. The molecular formula is C10H15N3O3S. The third-order valence-electron chi connectivity index (χ3n) is 2.01. The molecule has 0 aliphatic carbocycles. The summed E-state index contributed by atoms with van der Waals surface area (Å²) in [6.07, 6.45) is 0.389. The monoisotopic (exact) mass is 257 g/mol. The number of rotatable bonds is 5. The van der Waals surface area contributed by atoms with E-state index in [2.05, 4.69) is 15.0 Å². The molecule has 7 heteroatoms. The van der Waals surface area contributed by atoms with Crippen LogP contribution in [0.5, 0.6) is 0 Å². The lowest BCUT2D eigenvalue weighted by Gasteiger charge is -2.09. The Balaban J connectivity index is 2.40. The summed E-state index contributed by atoms with van der Waals surface area (Å²) in [5, 5.41) is 5.20. The van der Waals surface area contributed by atoms with Crippen molar-refractivity contribution in [2.75, 3.05) is 33.1 Å². The van der Waals surface area contributed by atoms with Crippen molar-refractivity contribution in [3.63, 3.8) is 0 Å². The normalized spacial score (nSPS) is 9.82. The number of methoxy groups -OCH3 is 1. The first-order chi connectivity index (χ1) is 8.04. The van der Waals surface area contributed by atoms with Gasteiger partial charge in [-0.2, -0.15) is 0 Å². The van der Waals surface area contributed by atoms with Crippen molar-refractivity contribution < 1.29 is 14.3 Å². The zero-order chi connectivity index (χ0) is 12.8. The molecule has 0 saturated carbocycles. The molecule has 6 nitrogen and oxygen atoms in total. The van der Waals surface area contributed by atoms with Crippen LogP contribution in [0.1, 0.15) is 16.9 Å². The highest BCUT2D eigenvalue weighted by molar-refractivity contribution is 7.13. The van der Waals surface area contributed by atoms with E-state index in [9.17, 15) is 9.59 Å². The molecular weight excluding hydrogens is 242 g/mol. The van der Waals surface area contributed by atoms with Crippen LogP contribution in [-0.4, -0.2) is 49.5 Å². The Kier molecular flexibility index (Phi) is 4.89. The summed E-state index contributed by atoms with van der Waals surface area (Å²) < 4.78 is 4.54. The van der Waals surface area contributed by atoms with Gasteiger partial charge in [-0.1, -0.05) is 0 Å². The van der Waals surface area contributed by atoms with Gasteiger partial charge in [0, 0.05) is 32.4 Å². The number of esters is 1. The largest absolute Gasteiger partial charge is 0.464 e. The highest BCUT2D eigenvalue weighted by Crippen LogP contribution is 2.15. The van der Waals surface area contributed by atoms with Crippen LogP contribution in [0.2, 0.25) is 0 Å². The quantitative estimate of drug-likeness (QED) is 0.791. The maximum atomic E-state index is 11.3. The predicted molar refractivity (Wildman–Crippen MR) is 65.3 cm³/mol. The van der Waals surface area contributed by atoms with Crippen LogP contribution < -0.4 is 5.32 Å². The van der Waals surface area contributed by atoms with Crippen LogP contribution in [0.25, 0.3) is 0 Å². The van der Waals surface area contributed by atoms with Gasteiger partial charge in [-0.25, -0.2) is 9.78 Å². The van der Waals surface area contributed by atoms with E-state index in [4.69, 9.17) is 0 Å². The summed E-state index contributed by atoms with van der Waals surface area (Å²) >= 11 is 1.31. The zero-order valence-corrected chi connectivity index (χ0v) is 10.8. The Morgan fingerprint density at radius 2 is 2.24 bits per heavy atom. The topological polar surface area (TPSA) is 71.5 Å². The molecule has 0 bridgehead atoms. The van der Waals surface area contributed by atoms with E-state index in [0.717, 1.165) is 0 Å². The first-order valence-electron chi connectivity index (χ1n) is 5.02. The van der Waals surface area contributed by atoms with Crippen molar-refractivity contribution in [1.82, 2.24) is 9.88 Å². The van der Waals surface area contributed by atoms with Gasteiger partial charge in [0.1, 0.15) is 0 Å². The smallest absolute Gasteiger partial charge is 0.357 e. The zero-order valence-electron chi connectivity index (χ0n) is 10.0. The summed E-state index contributed by atoms with van der Waals surface area (Å²) in [5.74, 6) is -0.416.